The summed E-state index contributed by atoms with van der Waals surface area (Å²) in [6.07, 6.45) is 0.990. The molecule has 0 radical (unpaired) electrons. The lowest BCUT2D eigenvalue weighted by Crippen LogP contribution is -2.07. The maximum atomic E-state index is 11.6. The number of hydrogen-bond acceptors (Lipinski definition) is 5. The summed E-state index contributed by atoms with van der Waals surface area (Å²) >= 11 is 3.63. The molecule has 2 aromatic carbocycles. The predicted molar refractivity (Wildman–Crippen MR) is 104 cm³/mol. The topological polar surface area (TPSA) is 54.0 Å². The highest BCUT2D eigenvalue weighted by atomic mass is 79.9. The largest absolute Gasteiger partial charge is 0.467 e. The molecule has 5 nitrogen and oxygen atoms in total. The lowest BCUT2D eigenvalue weighted by atomic mass is 9.94. The maximum absolute atomic E-state index is 11.6. The van der Waals surface area contributed by atoms with Crippen molar-refractivity contribution in [3.05, 3.63) is 46.4 Å². The molecule has 0 amide bonds. The lowest BCUT2D eigenvalue weighted by molar-refractivity contribution is -0.116. The van der Waals surface area contributed by atoms with Crippen molar-refractivity contribution in [3.63, 3.8) is 0 Å². The normalized spacial score (nSPS) is 10.6. The van der Waals surface area contributed by atoms with Crippen molar-refractivity contribution in [1.29, 1.82) is 0 Å². The fraction of sp³-hybridized carbons (Fsp3) is 0.350. The molecule has 0 aliphatic carbocycles. The number of carbonyl (C=O) groups excluding carboxylic acids is 1. The molecule has 0 aliphatic rings. The van der Waals surface area contributed by atoms with Crippen molar-refractivity contribution in [2.24, 2.45) is 0 Å². The van der Waals surface area contributed by atoms with Crippen molar-refractivity contribution in [1.82, 2.24) is 0 Å². The van der Waals surface area contributed by atoms with Crippen molar-refractivity contribution in [2.45, 2.75) is 19.8 Å². The van der Waals surface area contributed by atoms with Gasteiger partial charge in [-0.1, -0.05) is 30.3 Å². The Balaban J connectivity index is 2.61. The second-order valence-corrected chi connectivity index (χ2v) is 6.50. The Kier molecular flexibility index (Phi) is 8.09. The van der Waals surface area contributed by atoms with Crippen LogP contribution < -0.4 is 9.47 Å². The lowest BCUT2D eigenvalue weighted by Gasteiger charge is -2.20. The van der Waals surface area contributed by atoms with Crippen LogP contribution in [-0.4, -0.2) is 33.6 Å². The van der Waals surface area contributed by atoms with E-state index < -0.39 is 0 Å². The Bertz CT molecular complexity index is 731. The van der Waals surface area contributed by atoms with Crippen LogP contribution >= 0.6 is 15.9 Å². The van der Waals surface area contributed by atoms with Gasteiger partial charge in [-0.15, -0.1) is 0 Å². The summed E-state index contributed by atoms with van der Waals surface area (Å²) in [5.74, 6) is 1.35. The third kappa shape index (κ3) is 5.30. The van der Waals surface area contributed by atoms with Crippen molar-refractivity contribution >= 4 is 21.7 Å². The first kappa shape index (κ1) is 20.4. The van der Waals surface area contributed by atoms with Gasteiger partial charge in [0.05, 0.1) is 4.47 Å². The Morgan fingerprint density at radius 1 is 1.00 bits per heavy atom. The van der Waals surface area contributed by atoms with Gasteiger partial charge >= 0.3 is 0 Å². The van der Waals surface area contributed by atoms with Gasteiger partial charge in [0.2, 0.25) is 0 Å². The van der Waals surface area contributed by atoms with Crippen LogP contribution in [0.1, 0.15) is 18.9 Å². The minimum atomic E-state index is 0.108. The highest BCUT2D eigenvalue weighted by Crippen LogP contribution is 2.44. The highest BCUT2D eigenvalue weighted by Gasteiger charge is 2.20. The van der Waals surface area contributed by atoms with E-state index in [0.717, 1.165) is 21.2 Å². The molecular weight excluding hydrogens is 400 g/mol. The van der Waals surface area contributed by atoms with Crippen LogP contribution in [0.3, 0.4) is 0 Å². The summed E-state index contributed by atoms with van der Waals surface area (Å²) in [6.45, 7) is 1.81. The molecule has 2 aromatic rings. The van der Waals surface area contributed by atoms with Gasteiger partial charge in [-0.3, -0.25) is 0 Å². The zero-order valence-corrected chi connectivity index (χ0v) is 16.8. The van der Waals surface area contributed by atoms with E-state index in [9.17, 15) is 4.79 Å². The van der Waals surface area contributed by atoms with Crippen LogP contribution in [-0.2, 0) is 20.7 Å². The molecule has 2 rings (SSSR count). The number of halogens is 1. The number of hydrogen-bond donors (Lipinski definition) is 0. The van der Waals surface area contributed by atoms with Gasteiger partial charge in [0.1, 0.15) is 17.3 Å². The third-order valence-electron chi connectivity index (χ3n) is 3.75. The molecule has 140 valence electrons. The molecule has 0 aliphatic heterocycles. The second-order valence-electron chi connectivity index (χ2n) is 5.71. The molecule has 0 fully saturated rings. The number of benzene rings is 2. The molecule has 0 spiro atoms. The van der Waals surface area contributed by atoms with Crippen LogP contribution in [0.15, 0.2) is 40.9 Å². The van der Waals surface area contributed by atoms with Crippen LogP contribution in [0.25, 0.3) is 11.1 Å². The zero-order chi connectivity index (χ0) is 18.9. The van der Waals surface area contributed by atoms with Crippen molar-refractivity contribution < 1.29 is 23.7 Å². The molecule has 6 heteroatoms. The quantitative estimate of drug-likeness (QED) is 0.523. The number of carbonyl (C=O) groups is 1. The number of Topliss-reactive ketones (excluding diaryl/α,β-unsaturated/α-hetero) is 1. The molecule has 0 atom stereocenters. The first-order chi connectivity index (χ1) is 12.6. The van der Waals surface area contributed by atoms with Gasteiger partial charge in [0, 0.05) is 32.3 Å². The molecule has 0 saturated heterocycles. The van der Waals surface area contributed by atoms with E-state index in [1.807, 2.05) is 36.4 Å². The number of ketones is 1. The first-order valence-corrected chi connectivity index (χ1v) is 9.01. The smallest absolute Gasteiger partial charge is 0.188 e. The summed E-state index contributed by atoms with van der Waals surface area (Å²) in [5.41, 5.74) is 2.86. The SMILES string of the molecule is COCOc1cc(OCOC)c(-c2ccccc2)c(CCC(C)=O)c1Br. The van der Waals surface area contributed by atoms with E-state index in [4.69, 9.17) is 18.9 Å². The summed E-state index contributed by atoms with van der Waals surface area (Å²) in [5, 5.41) is 0. The van der Waals surface area contributed by atoms with Crippen molar-refractivity contribution in [2.75, 3.05) is 27.8 Å². The number of ether oxygens (including phenoxy) is 4. The third-order valence-corrected chi connectivity index (χ3v) is 4.62. The van der Waals surface area contributed by atoms with Crippen LogP contribution in [0.4, 0.5) is 0 Å². The molecule has 0 bridgehead atoms. The summed E-state index contributed by atoms with van der Waals surface area (Å²) in [7, 11) is 3.13. The average Bonchev–Trinajstić information content (AvgIpc) is 2.65. The highest BCUT2D eigenvalue weighted by molar-refractivity contribution is 9.10. The van der Waals surface area contributed by atoms with Gasteiger partial charge in [-0.05, 0) is 40.4 Å². The minimum Gasteiger partial charge on any atom is -0.467 e. The fourth-order valence-electron chi connectivity index (χ4n) is 2.58. The maximum Gasteiger partial charge on any atom is 0.188 e. The standard InChI is InChI=1S/C20H23BrO5/c1-14(22)9-10-16-19(15-7-5-4-6-8-15)17(25-12-23-2)11-18(20(16)21)26-13-24-3/h4-8,11H,9-10,12-13H2,1-3H3. The van der Waals surface area contributed by atoms with Gasteiger partial charge in [-0.2, -0.15) is 0 Å². The van der Waals surface area contributed by atoms with E-state index >= 15 is 0 Å². The van der Waals surface area contributed by atoms with Crippen LogP contribution in [0, 0.1) is 0 Å². The first-order valence-electron chi connectivity index (χ1n) is 8.22. The predicted octanol–water partition coefficient (Wildman–Crippen LogP) is 4.60. The van der Waals surface area contributed by atoms with Crippen molar-refractivity contribution in [3.8, 4) is 22.6 Å². The fourth-order valence-corrected chi connectivity index (χ4v) is 3.21. The minimum absolute atomic E-state index is 0.108. The second kappa shape index (κ2) is 10.3. The summed E-state index contributed by atoms with van der Waals surface area (Å²) in [4.78, 5) is 11.6. The van der Waals surface area contributed by atoms with Gasteiger partial charge < -0.3 is 23.7 Å². The monoisotopic (exact) mass is 422 g/mol. The van der Waals surface area contributed by atoms with E-state index in [1.165, 1.54) is 0 Å². The molecule has 0 heterocycles. The molecule has 0 N–H and O–H groups in total. The van der Waals surface area contributed by atoms with E-state index in [1.54, 1.807) is 21.1 Å². The average molecular weight is 423 g/mol. The molecule has 0 saturated carbocycles. The van der Waals surface area contributed by atoms with Gasteiger partial charge in [-0.25, -0.2) is 0 Å². The molecule has 0 aromatic heterocycles. The van der Waals surface area contributed by atoms with E-state index in [0.29, 0.717) is 24.3 Å². The van der Waals surface area contributed by atoms with Gasteiger partial charge in [0.15, 0.2) is 13.6 Å². The van der Waals surface area contributed by atoms with Crippen LogP contribution in [0.2, 0.25) is 0 Å². The molecular formula is C20H23BrO5. The number of rotatable bonds is 10. The number of methoxy groups -OCH3 is 2. The summed E-state index contributed by atoms with van der Waals surface area (Å²) < 4.78 is 22.4. The Labute approximate surface area is 162 Å². The van der Waals surface area contributed by atoms with E-state index in [2.05, 4.69) is 15.9 Å². The summed E-state index contributed by atoms with van der Waals surface area (Å²) in [6, 6.07) is 11.7. The van der Waals surface area contributed by atoms with E-state index in [-0.39, 0.29) is 19.4 Å². The van der Waals surface area contributed by atoms with Gasteiger partial charge in [0.25, 0.3) is 0 Å². The molecule has 0 unspecified atom stereocenters. The Hall–Kier alpha value is -1.89. The Morgan fingerprint density at radius 2 is 1.62 bits per heavy atom. The zero-order valence-electron chi connectivity index (χ0n) is 15.2. The Morgan fingerprint density at radius 3 is 2.19 bits per heavy atom. The molecule has 26 heavy (non-hydrogen) atoms. The van der Waals surface area contributed by atoms with Crippen LogP contribution in [0.5, 0.6) is 11.5 Å².